The van der Waals surface area contributed by atoms with E-state index in [2.05, 4.69) is 15.9 Å². The van der Waals surface area contributed by atoms with Crippen LogP contribution in [0.25, 0.3) is 0 Å². The Bertz CT molecular complexity index is 465. The van der Waals surface area contributed by atoms with Gasteiger partial charge >= 0.3 is 5.97 Å². The zero-order chi connectivity index (χ0) is 12.6. The summed E-state index contributed by atoms with van der Waals surface area (Å²) in [4.78, 5) is 11.5. The third-order valence-electron chi connectivity index (χ3n) is 3.63. The first-order valence-electron chi connectivity index (χ1n) is 5.67. The predicted molar refractivity (Wildman–Crippen MR) is 66.6 cm³/mol. The topological polar surface area (TPSA) is 37.3 Å². The predicted octanol–water partition coefficient (Wildman–Crippen LogP) is 3.79. The maximum Gasteiger partial charge on any atom is 0.314 e. The van der Waals surface area contributed by atoms with Crippen molar-refractivity contribution < 1.29 is 14.3 Å². The number of carboxylic acids is 1. The van der Waals surface area contributed by atoms with Crippen molar-refractivity contribution in [3.05, 3.63) is 33.5 Å². The van der Waals surface area contributed by atoms with Crippen molar-refractivity contribution in [2.45, 2.75) is 38.0 Å². The van der Waals surface area contributed by atoms with Crippen LogP contribution in [0.3, 0.4) is 0 Å². The van der Waals surface area contributed by atoms with Crippen LogP contribution < -0.4 is 0 Å². The molecule has 92 valence electrons. The first kappa shape index (κ1) is 12.6. The van der Waals surface area contributed by atoms with Gasteiger partial charge in [0, 0.05) is 10.0 Å². The van der Waals surface area contributed by atoms with E-state index in [0.717, 1.165) is 22.9 Å². The van der Waals surface area contributed by atoms with E-state index in [0.29, 0.717) is 18.4 Å². The fraction of sp³-hybridized carbons (Fsp3) is 0.462. The van der Waals surface area contributed by atoms with Gasteiger partial charge in [0.25, 0.3) is 0 Å². The van der Waals surface area contributed by atoms with Gasteiger partial charge in [0.1, 0.15) is 5.82 Å². The van der Waals surface area contributed by atoms with E-state index in [9.17, 15) is 14.3 Å². The molecule has 1 N–H and O–H groups in total. The zero-order valence-corrected chi connectivity index (χ0v) is 11.2. The third kappa shape index (κ3) is 1.99. The van der Waals surface area contributed by atoms with Crippen molar-refractivity contribution in [3.63, 3.8) is 0 Å². The standard InChI is InChI=1S/C13H14BrFO2/c1-8-6-11(15)9(7-10(8)14)13(12(16)17)4-2-3-5-13/h6-7H,2-5H2,1H3,(H,16,17). The van der Waals surface area contributed by atoms with Crippen molar-refractivity contribution in [1.29, 1.82) is 0 Å². The Labute approximate surface area is 108 Å². The van der Waals surface area contributed by atoms with E-state index in [1.54, 1.807) is 13.0 Å². The van der Waals surface area contributed by atoms with Gasteiger partial charge < -0.3 is 5.11 Å². The van der Waals surface area contributed by atoms with E-state index in [-0.39, 0.29) is 0 Å². The van der Waals surface area contributed by atoms with Crippen LogP contribution in [0.2, 0.25) is 0 Å². The highest BCUT2D eigenvalue weighted by Crippen LogP contribution is 2.43. The zero-order valence-electron chi connectivity index (χ0n) is 9.59. The molecule has 0 aromatic heterocycles. The Morgan fingerprint density at radius 2 is 2.00 bits per heavy atom. The van der Waals surface area contributed by atoms with Crippen molar-refractivity contribution in [2.75, 3.05) is 0 Å². The maximum atomic E-state index is 14.0. The number of benzene rings is 1. The molecule has 0 bridgehead atoms. The van der Waals surface area contributed by atoms with Crippen LogP contribution >= 0.6 is 15.9 Å². The van der Waals surface area contributed by atoms with E-state index in [4.69, 9.17) is 0 Å². The van der Waals surface area contributed by atoms with Crippen LogP contribution in [-0.2, 0) is 10.2 Å². The lowest BCUT2D eigenvalue weighted by Crippen LogP contribution is -2.33. The van der Waals surface area contributed by atoms with Gasteiger partial charge in [-0.3, -0.25) is 4.79 Å². The summed E-state index contributed by atoms with van der Waals surface area (Å²) in [5.74, 6) is -1.32. The van der Waals surface area contributed by atoms with Crippen LogP contribution in [0.5, 0.6) is 0 Å². The van der Waals surface area contributed by atoms with Gasteiger partial charge in [0.05, 0.1) is 5.41 Å². The van der Waals surface area contributed by atoms with Crippen LogP contribution in [0.1, 0.15) is 36.8 Å². The molecular formula is C13H14BrFO2. The minimum Gasteiger partial charge on any atom is -0.481 e. The average Bonchev–Trinajstić information content (AvgIpc) is 2.73. The van der Waals surface area contributed by atoms with Crippen LogP contribution in [0, 0.1) is 12.7 Å². The molecule has 4 heteroatoms. The molecule has 0 radical (unpaired) electrons. The summed E-state index contributed by atoms with van der Waals surface area (Å²) in [5, 5.41) is 9.42. The highest BCUT2D eigenvalue weighted by Gasteiger charge is 2.44. The summed E-state index contributed by atoms with van der Waals surface area (Å²) in [6, 6.07) is 3.03. The van der Waals surface area contributed by atoms with Crippen molar-refractivity contribution >= 4 is 21.9 Å². The molecule has 1 fully saturated rings. The second kappa shape index (κ2) is 4.41. The molecular weight excluding hydrogens is 287 g/mol. The lowest BCUT2D eigenvalue weighted by molar-refractivity contribution is -0.143. The Kier molecular flexibility index (Phi) is 3.25. The summed E-state index contributed by atoms with van der Waals surface area (Å²) in [6.45, 7) is 1.79. The minimum atomic E-state index is -1.03. The molecule has 0 amide bonds. The van der Waals surface area contributed by atoms with E-state index in [1.807, 2.05) is 0 Å². The molecule has 2 nitrogen and oxygen atoms in total. The molecule has 17 heavy (non-hydrogen) atoms. The summed E-state index contributed by atoms with van der Waals surface area (Å²) in [5.41, 5.74) is 0.0742. The molecule has 0 heterocycles. The first-order valence-corrected chi connectivity index (χ1v) is 6.46. The monoisotopic (exact) mass is 300 g/mol. The number of carbonyl (C=O) groups is 1. The Morgan fingerprint density at radius 1 is 1.41 bits per heavy atom. The second-order valence-corrected chi connectivity index (χ2v) is 5.53. The molecule has 1 aromatic carbocycles. The van der Waals surface area contributed by atoms with E-state index >= 15 is 0 Å². The van der Waals surface area contributed by atoms with Gasteiger partial charge in [0.2, 0.25) is 0 Å². The fourth-order valence-electron chi connectivity index (χ4n) is 2.59. The molecule has 2 rings (SSSR count). The molecule has 1 saturated carbocycles. The van der Waals surface area contributed by atoms with Crippen molar-refractivity contribution in [1.82, 2.24) is 0 Å². The molecule has 0 aliphatic heterocycles. The third-order valence-corrected chi connectivity index (χ3v) is 4.48. The van der Waals surface area contributed by atoms with Gasteiger partial charge in [-0.05, 0) is 37.5 Å². The van der Waals surface area contributed by atoms with Crippen molar-refractivity contribution in [2.24, 2.45) is 0 Å². The summed E-state index contributed by atoms with van der Waals surface area (Å²) >= 11 is 3.34. The SMILES string of the molecule is Cc1cc(F)c(C2(C(=O)O)CCCC2)cc1Br. The molecule has 1 aliphatic carbocycles. The quantitative estimate of drug-likeness (QED) is 0.902. The summed E-state index contributed by atoms with van der Waals surface area (Å²) in [7, 11) is 0. The highest BCUT2D eigenvalue weighted by atomic mass is 79.9. The normalized spacial score (nSPS) is 18.3. The lowest BCUT2D eigenvalue weighted by atomic mass is 9.78. The molecule has 0 saturated heterocycles. The number of carboxylic acid groups (broad SMARTS) is 1. The minimum absolute atomic E-state index is 0.319. The Morgan fingerprint density at radius 3 is 2.53 bits per heavy atom. The van der Waals surface area contributed by atoms with Gasteiger partial charge in [-0.1, -0.05) is 28.8 Å². The second-order valence-electron chi connectivity index (χ2n) is 4.68. The van der Waals surface area contributed by atoms with Gasteiger partial charge in [-0.2, -0.15) is 0 Å². The van der Waals surface area contributed by atoms with Gasteiger partial charge in [-0.15, -0.1) is 0 Å². The molecule has 1 aromatic rings. The van der Waals surface area contributed by atoms with E-state index in [1.165, 1.54) is 6.07 Å². The molecule has 1 aliphatic rings. The largest absolute Gasteiger partial charge is 0.481 e. The number of aryl methyl sites for hydroxylation is 1. The van der Waals surface area contributed by atoms with Crippen LogP contribution in [0.15, 0.2) is 16.6 Å². The maximum absolute atomic E-state index is 14.0. The Balaban J connectivity index is 2.58. The van der Waals surface area contributed by atoms with Gasteiger partial charge in [0.15, 0.2) is 0 Å². The highest BCUT2D eigenvalue weighted by molar-refractivity contribution is 9.10. The van der Waals surface area contributed by atoms with Crippen molar-refractivity contribution in [3.8, 4) is 0 Å². The van der Waals surface area contributed by atoms with Crippen LogP contribution in [-0.4, -0.2) is 11.1 Å². The number of aliphatic carboxylic acids is 1. The number of hydrogen-bond acceptors (Lipinski definition) is 1. The molecule has 0 atom stereocenters. The first-order chi connectivity index (χ1) is 7.97. The Hall–Kier alpha value is -0.900. The average molecular weight is 301 g/mol. The van der Waals surface area contributed by atoms with Gasteiger partial charge in [-0.25, -0.2) is 4.39 Å². The van der Waals surface area contributed by atoms with E-state index < -0.39 is 17.2 Å². The number of halogens is 2. The lowest BCUT2D eigenvalue weighted by Gasteiger charge is -2.25. The summed E-state index contributed by atoms with van der Waals surface area (Å²) < 4.78 is 14.8. The van der Waals surface area contributed by atoms with Crippen LogP contribution in [0.4, 0.5) is 4.39 Å². The number of rotatable bonds is 2. The summed E-state index contributed by atoms with van der Waals surface area (Å²) in [6.07, 6.45) is 2.73. The molecule has 0 unspecified atom stereocenters. The fourth-order valence-corrected chi connectivity index (χ4v) is 2.93. The number of hydrogen-bond donors (Lipinski definition) is 1. The molecule has 0 spiro atoms. The smallest absolute Gasteiger partial charge is 0.314 e.